The van der Waals surface area contributed by atoms with Crippen LogP contribution in [0.1, 0.15) is 33.8 Å². The van der Waals surface area contributed by atoms with Crippen LogP contribution in [-0.4, -0.2) is 43.1 Å². The number of para-hydroxylation sites is 1. The zero-order valence-electron chi connectivity index (χ0n) is 16.4. The number of hydrogen-bond donors (Lipinski definition) is 1. The minimum absolute atomic E-state index is 0.0750. The lowest BCUT2D eigenvalue weighted by Crippen LogP contribution is -2.41. The van der Waals surface area contributed by atoms with Crippen LogP contribution < -0.4 is 14.8 Å². The van der Waals surface area contributed by atoms with Crippen molar-refractivity contribution in [2.45, 2.75) is 12.8 Å². The van der Waals surface area contributed by atoms with Gasteiger partial charge in [-0.15, -0.1) is 0 Å². The van der Waals surface area contributed by atoms with Gasteiger partial charge in [0.15, 0.2) is 17.3 Å². The van der Waals surface area contributed by atoms with Gasteiger partial charge in [-0.2, -0.15) is 0 Å². The monoisotopic (exact) mass is 406 g/mol. The fourth-order valence-corrected chi connectivity index (χ4v) is 3.96. The summed E-state index contributed by atoms with van der Waals surface area (Å²) < 4.78 is 16.3. The molecule has 0 spiro atoms. The highest BCUT2D eigenvalue weighted by Crippen LogP contribution is 2.32. The molecule has 30 heavy (non-hydrogen) atoms. The number of hydrogen-bond acceptors (Lipinski definition) is 5. The number of carbonyl (C=O) groups is 2. The van der Waals surface area contributed by atoms with Crippen LogP contribution in [0.2, 0.25) is 0 Å². The van der Waals surface area contributed by atoms with Crippen molar-refractivity contribution in [1.29, 1.82) is 0 Å². The Morgan fingerprint density at radius 2 is 1.80 bits per heavy atom. The number of nitrogens with zero attached hydrogens (tertiary/aromatic N) is 1. The Kier molecular flexibility index (Phi) is 4.78. The molecule has 0 atom stereocenters. The number of furan rings is 1. The van der Waals surface area contributed by atoms with Crippen LogP contribution in [0, 0.1) is 5.92 Å². The Morgan fingerprint density at radius 3 is 2.63 bits per heavy atom. The number of amides is 2. The van der Waals surface area contributed by atoms with Crippen molar-refractivity contribution < 1.29 is 23.5 Å². The van der Waals surface area contributed by atoms with Crippen LogP contribution in [0.5, 0.6) is 11.5 Å². The predicted octanol–water partition coefficient (Wildman–Crippen LogP) is 3.44. The topological polar surface area (TPSA) is 81.0 Å². The Labute approximate surface area is 173 Å². The fourth-order valence-electron chi connectivity index (χ4n) is 3.96. The zero-order valence-corrected chi connectivity index (χ0v) is 16.4. The largest absolute Gasteiger partial charge is 0.454 e. The number of nitrogens with one attached hydrogen (secondary N) is 1. The number of ether oxygens (including phenoxy) is 2. The van der Waals surface area contributed by atoms with E-state index in [1.807, 2.05) is 29.2 Å². The van der Waals surface area contributed by atoms with Gasteiger partial charge in [-0.05, 0) is 49.1 Å². The van der Waals surface area contributed by atoms with E-state index in [4.69, 9.17) is 13.9 Å². The molecule has 2 aliphatic heterocycles. The van der Waals surface area contributed by atoms with E-state index in [0.717, 1.165) is 23.8 Å². The molecule has 154 valence electrons. The molecule has 7 heteroatoms. The third-order valence-corrected chi connectivity index (χ3v) is 5.72. The SMILES string of the molecule is O=C(NCC1CCN(C(=O)c2cc3ccccc3o2)CC1)c1ccc2c(c1)OCO2. The van der Waals surface area contributed by atoms with Gasteiger partial charge in [-0.25, -0.2) is 0 Å². The Bertz CT molecular complexity index is 1060. The summed E-state index contributed by atoms with van der Waals surface area (Å²) in [6.07, 6.45) is 1.68. The first-order valence-corrected chi connectivity index (χ1v) is 10.1. The van der Waals surface area contributed by atoms with Gasteiger partial charge in [0.2, 0.25) is 6.79 Å². The summed E-state index contributed by atoms with van der Waals surface area (Å²) in [7, 11) is 0. The van der Waals surface area contributed by atoms with E-state index in [2.05, 4.69) is 5.32 Å². The Morgan fingerprint density at radius 1 is 1.00 bits per heavy atom. The molecule has 0 bridgehead atoms. The van der Waals surface area contributed by atoms with Crippen LogP contribution in [0.15, 0.2) is 52.9 Å². The summed E-state index contributed by atoms with van der Waals surface area (Å²) >= 11 is 0. The van der Waals surface area contributed by atoms with Gasteiger partial charge in [0.1, 0.15) is 5.58 Å². The maximum Gasteiger partial charge on any atom is 0.289 e. The summed E-state index contributed by atoms with van der Waals surface area (Å²) in [6.45, 7) is 2.08. The highest BCUT2D eigenvalue weighted by atomic mass is 16.7. The standard InChI is InChI=1S/C23H22N2O5/c26-22(17-5-6-19-20(12-17)29-14-28-19)24-13-15-7-9-25(10-8-15)23(27)21-11-16-3-1-2-4-18(16)30-21/h1-6,11-12,15H,7-10,13-14H2,(H,24,26). The minimum Gasteiger partial charge on any atom is -0.454 e. The highest BCUT2D eigenvalue weighted by Gasteiger charge is 2.26. The molecule has 2 aromatic carbocycles. The summed E-state index contributed by atoms with van der Waals surface area (Å²) in [5, 5.41) is 3.93. The molecule has 2 aliphatic rings. The third-order valence-electron chi connectivity index (χ3n) is 5.72. The minimum atomic E-state index is -0.130. The quantitative estimate of drug-likeness (QED) is 0.718. The maximum atomic E-state index is 12.8. The molecule has 1 N–H and O–H groups in total. The zero-order chi connectivity index (χ0) is 20.5. The number of likely N-dealkylation sites (tertiary alicyclic amines) is 1. The van der Waals surface area contributed by atoms with E-state index in [1.165, 1.54) is 0 Å². The van der Waals surface area contributed by atoms with E-state index >= 15 is 0 Å². The number of fused-ring (bicyclic) bond motifs is 2. The molecule has 0 radical (unpaired) electrons. The van der Waals surface area contributed by atoms with Crippen LogP contribution >= 0.6 is 0 Å². The normalized spacial score (nSPS) is 16.1. The molecular weight excluding hydrogens is 384 g/mol. The predicted molar refractivity (Wildman–Crippen MR) is 110 cm³/mol. The molecular formula is C23H22N2O5. The molecule has 1 fully saturated rings. The first kappa shape index (κ1) is 18.5. The van der Waals surface area contributed by atoms with Gasteiger partial charge in [0, 0.05) is 30.6 Å². The fraction of sp³-hybridized carbons (Fsp3) is 0.304. The number of piperidine rings is 1. The van der Waals surface area contributed by atoms with E-state index < -0.39 is 0 Å². The van der Waals surface area contributed by atoms with E-state index in [9.17, 15) is 9.59 Å². The molecule has 0 unspecified atom stereocenters. The van der Waals surface area contributed by atoms with Crippen LogP contribution in [0.25, 0.3) is 11.0 Å². The second-order valence-electron chi connectivity index (χ2n) is 7.66. The van der Waals surface area contributed by atoms with E-state index in [0.29, 0.717) is 48.4 Å². The summed E-state index contributed by atoms with van der Waals surface area (Å²) in [6, 6.07) is 14.6. The lowest BCUT2D eigenvalue weighted by molar-refractivity contribution is 0.0655. The van der Waals surface area contributed by atoms with Gasteiger partial charge in [-0.1, -0.05) is 18.2 Å². The van der Waals surface area contributed by atoms with Crippen LogP contribution in [0.4, 0.5) is 0 Å². The number of benzene rings is 2. The summed E-state index contributed by atoms with van der Waals surface area (Å²) in [4.78, 5) is 27.0. The molecule has 3 heterocycles. The van der Waals surface area contributed by atoms with Gasteiger partial charge in [-0.3, -0.25) is 9.59 Å². The molecule has 1 aromatic heterocycles. The smallest absolute Gasteiger partial charge is 0.289 e. The lowest BCUT2D eigenvalue weighted by Gasteiger charge is -2.31. The number of rotatable bonds is 4. The summed E-state index contributed by atoms with van der Waals surface area (Å²) in [5.74, 6) is 1.77. The molecule has 5 rings (SSSR count). The second kappa shape index (κ2) is 7.74. The van der Waals surface area contributed by atoms with Crippen molar-refractivity contribution in [3.05, 3.63) is 59.9 Å². The van der Waals surface area contributed by atoms with Crippen molar-refractivity contribution in [2.75, 3.05) is 26.4 Å². The van der Waals surface area contributed by atoms with Crippen molar-refractivity contribution in [2.24, 2.45) is 5.92 Å². The Hall–Kier alpha value is -3.48. The summed E-state index contributed by atoms with van der Waals surface area (Å²) in [5.41, 5.74) is 1.28. The van der Waals surface area contributed by atoms with Gasteiger partial charge in [0.05, 0.1) is 0 Å². The van der Waals surface area contributed by atoms with Crippen molar-refractivity contribution in [1.82, 2.24) is 10.2 Å². The first-order valence-electron chi connectivity index (χ1n) is 10.1. The van der Waals surface area contributed by atoms with Crippen LogP contribution in [-0.2, 0) is 0 Å². The molecule has 1 saturated heterocycles. The molecule has 2 amide bonds. The van der Waals surface area contributed by atoms with E-state index in [-0.39, 0.29) is 18.6 Å². The second-order valence-corrected chi connectivity index (χ2v) is 7.66. The molecule has 0 aliphatic carbocycles. The Balaban J connectivity index is 1.13. The molecule has 0 saturated carbocycles. The van der Waals surface area contributed by atoms with E-state index in [1.54, 1.807) is 24.3 Å². The highest BCUT2D eigenvalue weighted by molar-refractivity contribution is 5.96. The lowest BCUT2D eigenvalue weighted by atomic mass is 9.96. The average Bonchev–Trinajstić information content (AvgIpc) is 3.43. The first-order chi connectivity index (χ1) is 14.7. The van der Waals surface area contributed by atoms with Gasteiger partial charge >= 0.3 is 0 Å². The average molecular weight is 406 g/mol. The maximum absolute atomic E-state index is 12.8. The van der Waals surface area contributed by atoms with Gasteiger partial charge < -0.3 is 24.1 Å². The van der Waals surface area contributed by atoms with Gasteiger partial charge in [0.25, 0.3) is 11.8 Å². The third kappa shape index (κ3) is 3.58. The number of carbonyl (C=O) groups excluding carboxylic acids is 2. The van der Waals surface area contributed by atoms with Crippen LogP contribution in [0.3, 0.4) is 0 Å². The van der Waals surface area contributed by atoms with Crippen molar-refractivity contribution in [3.8, 4) is 11.5 Å². The molecule has 7 nitrogen and oxygen atoms in total. The molecule has 3 aromatic rings. The van der Waals surface area contributed by atoms with Crippen molar-refractivity contribution >= 4 is 22.8 Å². The van der Waals surface area contributed by atoms with Crippen molar-refractivity contribution in [3.63, 3.8) is 0 Å².